The Labute approximate surface area is 135 Å². The first-order chi connectivity index (χ1) is 11.1. The molecule has 2 rings (SSSR count). The number of amides is 1. The summed E-state index contributed by atoms with van der Waals surface area (Å²) in [6.07, 6.45) is 5.47. The third kappa shape index (κ3) is 4.84. The van der Waals surface area contributed by atoms with Crippen LogP contribution in [0.1, 0.15) is 32.1 Å². The summed E-state index contributed by atoms with van der Waals surface area (Å²) in [7, 11) is 1.44. The third-order valence-electron chi connectivity index (χ3n) is 3.92. The molecule has 1 heterocycles. The van der Waals surface area contributed by atoms with E-state index in [1.165, 1.54) is 25.7 Å². The lowest BCUT2D eigenvalue weighted by Gasteiger charge is -2.24. The summed E-state index contributed by atoms with van der Waals surface area (Å²) >= 11 is 0. The van der Waals surface area contributed by atoms with Crippen LogP contribution >= 0.6 is 0 Å². The molecule has 7 nitrogen and oxygen atoms in total. The second kappa shape index (κ2) is 8.36. The van der Waals surface area contributed by atoms with Gasteiger partial charge in [0.2, 0.25) is 0 Å². The van der Waals surface area contributed by atoms with E-state index in [0.717, 1.165) is 38.8 Å². The fourth-order valence-corrected chi connectivity index (χ4v) is 2.62. The van der Waals surface area contributed by atoms with Crippen molar-refractivity contribution in [2.75, 3.05) is 26.8 Å². The molecule has 126 valence electrons. The molecule has 7 heteroatoms. The van der Waals surface area contributed by atoms with Crippen molar-refractivity contribution in [3.63, 3.8) is 0 Å². The highest BCUT2D eigenvalue weighted by Crippen LogP contribution is 2.31. The number of likely N-dealkylation sites (tertiary alicyclic amines) is 1. The number of carbonyl (C=O) groups excluding carboxylic acids is 1. The van der Waals surface area contributed by atoms with Gasteiger partial charge in [-0.25, -0.2) is 0 Å². The van der Waals surface area contributed by atoms with E-state index in [1.54, 1.807) is 11.0 Å². The van der Waals surface area contributed by atoms with Gasteiger partial charge in [0.05, 0.1) is 18.1 Å². The van der Waals surface area contributed by atoms with Gasteiger partial charge in [-0.2, -0.15) is 0 Å². The third-order valence-corrected chi connectivity index (χ3v) is 3.92. The number of benzene rings is 1. The molecule has 23 heavy (non-hydrogen) atoms. The lowest BCUT2D eigenvalue weighted by atomic mass is 10.1. The van der Waals surface area contributed by atoms with Crippen molar-refractivity contribution in [1.82, 2.24) is 4.90 Å². The van der Waals surface area contributed by atoms with E-state index in [2.05, 4.69) is 0 Å². The van der Waals surface area contributed by atoms with Gasteiger partial charge in [-0.3, -0.25) is 14.9 Å². The maximum Gasteiger partial charge on any atom is 0.314 e. The van der Waals surface area contributed by atoms with Crippen LogP contribution in [-0.2, 0) is 4.79 Å². The highest BCUT2D eigenvalue weighted by atomic mass is 16.6. The van der Waals surface area contributed by atoms with Gasteiger partial charge in [-0.1, -0.05) is 19.3 Å². The van der Waals surface area contributed by atoms with Crippen LogP contribution in [0.15, 0.2) is 18.2 Å². The van der Waals surface area contributed by atoms with E-state index in [1.807, 2.05) is 0 Å². The van der Waals surface area contributed by atoms with Gasteiger partial charge < -0.3 is 14.4 Å². The second-order valence-electron chi connectivity index (χ2n) is 5.53. The first-order valence-corrected chi connectivity index (χ1v) is 7.85. The smallest absolute Gasteiger partial charge is 0.314 e. The molecule has 1 fully saturated rings. The van der Waals surface area contributed by atoms with E-state index in [9.17, 15) is 14.9 Å². The van der Waals surface area contributed by atoms with Gasteiger partial charge in [-0.05, 0) is 25.0 Å². The second-order valence-corrected chi connectivity index (χ2v) is 5.53. The monoisotopic (exact) mass is 322 g/mol. The van der Waals surface area contributed by atoms with Crippen LogP contribution in [0.5, 0.6) is 11.5 Å². The molecule has 0 radical (unpaired) electrons. The summed E-state index contributed by atoms with van der Waals surface area (Å²) in [5.74, 6) is 0.326. The predicted molar refractivity (Wildman–Crippen MR) is 84.8 cm³/mol. The Balaban J connectivity index is 1.99. The SMILES string of the molecule is COc1ccc(OCC(=O)N2CCCCCCC2)c([N+](=O)[O-])c1. The quantitative estimate of drug-likeness (QED) is 0.615. The first-order valence-electron chi connectivity index (χ1n) is 7.85. The number of ether oxygens (including phenoxy) is 2. The van der Waals surface area contributed by atoms with Crippen molar-refractivity contribution in [2.24, 2.45) is 0 Å². The van der Waals surface area contributed by atoms with Gasteiger partial charge in [-0.15, -0.1) is 0 Å². The molecule has 0 aromatic heterocycles. The van der Waals surface area contributed by atoms with Crippen LogP contribution < -0.4 is 9.47 Å². The van der Waals surface area contributed by atoms with E-state index < -0.39 is 4.92 Å². The number of nitrogens with zero attached hydrogens (tertiary/aromatic N) is 2. The Morgan fingerprint density at radius 1 is 1.22 bits per heavy atom. The largest absolute Gasteiger partial charge is 0.496 e. The molecule has 1 aliphatic rings. The molecule has 0 N–H and O–H groups in total. The molecule has 0 unspecified atom stereocenters. The van der Waals surface area contributed by atoms with Gasteiger partial charge in [0, 0.05) is 13.1 Å². The standard InChI is InChI=1S/C16H22N2O5/c1-22-13-7-8-15(14(11-13)18(20)21)23-12-16(19)17-9-5-3-2-4-6-10-17/h7-8,11H,2-6,9-10,12H2,1H3. The van der Waals surface area contributed by atoms with Crippen LogP contribution in [0.2, 0.25) is 0 Å². The number of nitro groups is 1. The molecule has 0 atom stereocenters. The zero-order chi connectivity index (χ0) is 16.7. The molecule has 1 amide bonds. The highest BCUT2D eigenvalue weighted by Gasteiger charge is 2.20. The number of carbonyl (C=O) groups is 1. The van der Waals surface area contributed by atoms with Crippen LogP contribution in [0.3, 0.4) is 0 Å². The average Bonchev–Trinajstić information content (AvgIpc) is 2.52. The summed E-state index contributed by atoms with van der Waals surface area (Å²) in [6.45, 7) is 1.27. The minimum atomic E-state index is -0.543. The lowest BCUT2D eigenvalue weighted by molar-refractivity contribution is -0.385. The van der Waals surface area contributed by atoms with Crippen molar-refractivity contribution in [1.29, 1.82) is 0 Å². The van der Waals surface area contributed by atoms with Crippen molar-refractivity contribution < 1.29 is 19.2 Å². The Hall–Kier alpha value is -2.31. The lowest BCUT2D eigenvalue weighted by Crippen LogP contribution is -2.37. The van der Waals surface area contributed by atoms with E-state index in [-0.39, 0.29) is 24.0 Å². The summed E-state index contributed by atoms with van der Waals surface area (Å²) in [5.41, 5.74) is -0.204. The van der Waals surface area contributed by atoms with Crippen LogP contribution in [0.4, 0.5) is 5.69 Å². The predicted octanol–water partition coefficient (Wildman–Crippen LogP) is 2.77. The summed E-state index contributed by atoms with van der Waals surface area (Å²) in [4.78, 5) is 24.6. The van der Waals surface area contributed by atoms with Crippen molar-refractivity contribution in [3.05, 3.63) is 28.3 Å². The molecule has 0 spiro atoms. The van der Waals surface area contributed by atoms with Crippen molar-refractivity contribution in [2.45, 2.75) is 32.1 Å². The Morgan fingerprint density at radius 3 is 2.48 bits per heavy atom. The number of methoxy groups -OCH3 is 1. The minimum Gasteiger partial charge on any atom is -0.496 e. The minimum absolute atomic E-state index is 0.0798. The molecular formula is C16H22N2O5. The molecule has 1 aliphatic heterocycles. The normalized spacial score (nSPS) is 15.4. The van der Waals surface area contributed by atoms with E-state index in [0.29, 0.717) is 5.75 Å². The molecule has 1 saturated heterocycles. The van der Waals surface area contributed by atoms with Gasteiger partial charge in [0.15, 0.2) is 12.4 Å². The summed E-state index contributed by atoms with van der Waals surface area (Å²) in [6, 6.07) is 4.32. The van der Waals surface area contributed by atoms with Crippen molar-refractivity contribution in [3.8, 4) is 11.5 Å². The van der Waals surface area contributed by atoms with Gasteiger partial charge >= 0.3 is 5.69 Å². The van der Waals surface area contributed by atoms with Crippen LogP contribution in [-0.4, -0.2) is 42.5 Å². The van der Waals surface area contributed by atoms with Crippen LogP contribution in [0.25, 0.3) is 0 Å². The topological polar surface area (TPSA) is 81.9 Å². The molecule has 0 bridgehead atoms. The number of hydrogen-bond donors (Lipinski definition) is 0. The maximum atomic E-state index is 12.2. The molecule has 0 saturated carbocycles. The zero-order valence-corrected chi connectivity index (χ0v) is 13.3. The molecule has 0 aliphatic carbocycles. The summed E-state index contributed by atoms with van der Waals surface area (Å²) < 4.78 is 10.4. The van der Waals surface area contributed by atoms with Crippen molar-refractivity contribution >= 4 is 11.6 Å². The van der Waals surface area contributed by atoms with E-state index in [4.69, 9.17) is 9.47 Å². The highest BCUT2D eigenvalue weighted by molar-refractivity contribution is 5.78. The number of hydrogen-bond acceptors (Lipinski definition) is 5. The van der Waals surface area contributed by atoms with Gasteiger partial charge in [0.1, 0.15) is 5.75 Å². The molecular weight excluding hydrogens is 300 g/mol. The number of rotatable bonds is 5. The Kier molecular flexibility index (Phi) is 6.19. The maximum absolute atomic E-state index is 12.2. The average molecular weight is 322 g/mol. The fourth-order valence-electron chi connectivity index (χ4n) is 2.62. The molecule has 1 aromatic rings. The summed E-state index contributed by atoms with van der Waals surface area (Å²) in [5, 5.41) is 11.1. The first kappa shape index (κ1) is 17.1. The van der Waals surface area contributed by atoms with Crippen LogP contribution in [0, 0.1) is 10.1 Å². The Bertz CT molecular complexity index is 553. The zero-order valence-electron chi connectivity index (χ0n) is 13.3. The molecule has 1 aromatic carbocycles. The number of nitro benzene ring substituents is 1. The fraction of sp³-hybridized carbons (Fsp3) is 0.562. The van der Waals surface area contributed by atoms with E-state index >= 15 is 0 Å². The Morgan fingerprint density at radius 2 is 1.87 bits per heavy atom. The van der Waals surface area contributed by atoms with Gasteiger partial charge in [0.25, 0.3) is 5.91 Å².